The van der Waals surface area contributed by atoms with E-state index in [1.807, 2.05) is 30.3 Å². The Morgan fingerprint density at radius 3 is 2.80 bits per heavy atom. The summed E-state index contributed by atoms with van der Waals surface area (Å²) in [4.78, 5) is 11.9. The van der Waals surface area contributed by atoms with Gasteiger partial charge >= 0.3 is 0 Å². The Hall–Kier alpha value is -1.41. The third-order valence-corrected chi connectivity index (χ3v) is 3.16. The van der Waals surface area contributed by atoms with Crippen molar-refractivity contribution in [2.24, 2.45) is 5.92 Å². The van der Waals surface area contributed by atoms with Crippen molar-refractivity contribution in [3.8, 4) is 0 Å². The summed E-state index contributed by atoms with van der Waals surface area (Å²) in [6.45, 7) is 1.36. The van der Waals surface area contributed by atoms with Gasteiger partial charge in [0.25, 0.3) is 0 Å². The van der Waals surface area contributed by atoms with Crippen molar-refractivity contribution < 1.29 is 9.53 Å². The smallest absolute Gasteiger partial charge is 0.164 e. The van der Waals surface area contributed by atoms with Gasteiger partial charge in [0.05, 0.1) is 13.2 Å². The molecule has 15 heavy (non-hydrogen) atoms. The molecule has 0 bridgehead atoms. The lowest BCUT2D eigenvalue weighted by atomic mass is 10.0. The molecule has 1 fully saturated rings. The molecule has 1 unspecified atom stereocenters. The Balaban J connectivity index is 2.11. The minimum atomic E-state index is 0.282. The Kier molecular flexibility index (Phi) is 1.96. The number of allylic oxidation sites excluding steroid dienone is 1. The van der Waals surface area contributed by atoms with Crippen LogP contribution in [0.4, 0.5) is 0 Å². The fraction of sp³-hybridized carbons (Fsp3) is 0.308. The summed E-state index contributed by atoms with van der Waals surface area (Å²) >= 11 is 0. The largest absolute Gasteiger partial charge is 0.376 e. The predicted molar refractivity (Wildman–Crippen MR) is 57.3 cm³/mol. The van der Waals surface area contributed by atoms with E-state index in [9.17, 15) is 4.79 Å². The van der Waals surface area contributed by atoms with E-state index in [-0.39, 0.29) is 5.78 Å². The van der Waals surface area contributed by atoms with Crippen LogP contribution in [-0.2, 0) is 9.53 Å². The van der Waals surface area contributed by atoms with E-state index in [4.69, 9.17) is 4.74 Å². The molecule has 0 N–H and O–H groups in total. The second-order valence-corrected chi connectivity index (χ2v) is 4.11. The third kappa shape index (κ3) is 1.33. The van der Waals surface area contributed by atoms with Crippen molar-refractivity contribution in [3.05, 3.63) is 41.5 Å². The van der Waals surface area contributed by atoms with Crippen LogP contribution in [-0.4, -0.2) is 19.0 Å². The molecule has 2 aliphatic rings. The summed E-state index contributed by atoms with van der Waals surface area (Å²) in [6.07, 6.45) is 0.638. The number of rotatable bonds is 1. The number of hydrogen-bond acceptors (Lipinski definition) is 2. The van der Waals surface area contributed by atoms with Crippen molar-refractivity contribution in [1.29, 1.82) is 0 Å². The highest BCUT2D eigenvalue weighted by molar-refractivity contribution is 6.24. The number of benzene rings is 1. The molecule has 0 radical (unpaired) electrons. The molecule has 1 aliphatic heterocycles. The first-order valence-corrected chi connectivity index (χ1v) is 5.25. The first-order valence-electron chi connectivity index (χ1n) is 5.25. The number of hydrogen-bond donors (Lipinski definition) is 0. The standard InChI is InChI=1S/C13H12O2/c14-12-6-10-7-15-8-11(10)13(12)9-4-2-1-3-5-9/h1-5,10H,6-8H2. The van der Waals surface area contributed by atoms with Gasteiger partial charge in [-0.1, -0.05) is 30.3 Å². The molecule has 2 heteroatoms. The second kappa shape index (κ2) is 3.31. The van der Waals surface area contributed by atoms with Crippen molar-refractivity contribution in [1.82, 2.24) is 0 Å². The lowest BCUT2D eigenvalue weighted by molar-refractivity contribution is -0.113. The second-order valence-electron chi connectivity index (χ2n) is 4.11. The zero-order chi connectivity index (χ0) is 10.3. The van der Waals surface area contributed by atoms with Crippen molar-refractivity contribution in [2.45, 2.75) is 6.42 Å². The van der Waals surface area contributed by atoms with Crippen molar-refractivity contribution in [3.63, 3.8) is 0 Å². The number of ether oxygens (including phenoxy) is 1. The highest BCUT2D eigenvalue weighted by atomic mass is 16.5. The number of fused-ring (bicyclic) bond motifs is 1. The van der Waals surface area contributed by atoms with Crippen LogP contribution in [0.3, 0.4) is 0 Å². The number of carbonyl (C=O) groups is 1. The Bertz CT molecular complexity index is 431. The van der Waals surface area contributed by atoms with E-state index >= 15 is 0 Å². The van der Waals surface area contributed by atoms with Crippen molar-refractivity contribution >= 4 is 11.4 Å². The minimum Gasteiger partial charge on any atom is -0.376 e. The molecule has 76 valence electrons. The van der Waals surface area contributed by atoms with Gasteiger partial charge in [0, 0.05) is 17.9 Å². The molecule has 3 rings (SSSR count). The van der Waals surface area contributed by atoms with Crippen LogP contribution in [0, 0.1) is 5.92 Å². The summed E-state index contributed by atoms with van der Waals surface area (Å²) < 4.78 is 5.40. The molecule has 1 aromatic carbocycles. The third-order valence-electron chi connectivity index (χ3n) is 3.16. The number of carbonyl (C=O) groups excluding carboxylic acids is 1. The Labute approximate surface area is 88.6 Å². The van der Waals surface area contributed by atoms with Gasteiger partial charge in [0.1, 0.15) is 0 Å². The van der Waals surface area contributed by atoms with Crippen LogP contribution in [0.25, 0.3) is 5.57 Å². The number of Topliss-reactive ketones (excluding diaryl/α,β-unsaturated/α-hetero) is 1. The molecule has 1 atom stereocenters. The molecule has 0 aromatic heterocycles. The molecule has 1 heterocycles. The molecular weight excluding hydrogens is 188 g/mol. The maximum Gasteiger partial charge on any atom is 0.164 e. The lowest BCUT2D eigenvalue weighted by Crippen LogP contribution is -2.01. The van der Waals surface area contributed by atoms with Crippen LogP contribution < -0.4 is 0 Å². The van der Waals surface area contributed by atoms with E-state index in [1.54, 1.807) is 0 Å². The highest BCUT2D eigenvalue weighted by Crippen LogP contribution is 2.38. The molecule has 1 aliphatic carbocycles. The van der Waals surface area contributed by atoms with Crippen molar-refractivity contribution in [2.75, 3.05) is 13.2 Å². The first kappa shape index (κ1) is 8.86. The van der Waals surface area contributed by atoms with E-state index < -0.39 is 0 Å². The lowest BCUT2D eigenvalue weighted by Gasteiger charge is -2.03. The first-order chi connectivity index (χ1) is 7.36. The van der Waals surface area contributed by atoms with Gasteiger partial charge in [0.2, 0.25) is 0 Å². The Morgan fingerprint density at radius 2 is 2.00 bits per heavy atom. The average molecular weight is 200 g/mol. The van der Waals surface area contributed by atoms with Gasteiger partial charge in [-0.3, -0.25) is 4.79 Å². The number of ketones is 1. The van der Waals surface area contributed by atoms with E-state index in [0.29, 0.717) is 18.9 Å². The van der Waals surface area contributed by atoms with E-state index in [0.717, 1.165) is 17.7 Å². The van der Waals surface area contributed by atoms with Gasteiger partial charge in [-0.2, -0.15) is 0 Å². The molecule has 0 spiro atoms. The zero-order valence-corrected chi connectivity index (χ0v) is 8.40. The fourth-order valence-electron chi connectivity index (χ4n) is 2.44. The summed E-state index contributed by atoms with van der Waals surface area (Å²) in [7, 11) is 0. The normalized spacial score (nSPS) is 24.8. The summed E-state index contributed by atoms with van der Waals surface area (Å²) in [5.41, 5.74) is 3.18. The highest BCUT2D eigenvalue weighted by Gasteiger charge is 2.36. The van der Waals surface area contributed by atoms with Crippen LogP contribution in [0.15, 0.2) is 35.9 Å². The monoisotopic (exact) mass is 200 g/mol. The van der Waals surface area contributed by atoms with Crippen LogP contribution in [0.2, 0.25) is 0 Å². The van der Waals surface area contributed by atoms with E-state index in [2.05, 4.69) is 0 Å². The predicted octanol–water partition coefficient (Wildman–Crippen LogP) is 2.06. The van der Waals surface area contributed by atoms with Crippen LogP contribution in [0.1, 0.15) is 12.0 Å². The van der Waals surface area contributed by atoms with Gasteiger partial charge in [-0.05, 0) is 11.1 Å². The average Bonchev–Trinajstić information content (AvgIpc) is 2.78. The van der Waals surface area contributed by atoms with E-state index in [1.165, 1.54) is 5.57 Å². The van der Waals surface area contributed by atoms with Gasteiger partial charge in [-0.25, -0.2) is 0 Å². The van der Waals surface area contributed by atoms with Gasteiger partial charge in [-0.15, -0.1) is 0 Å². The topological polar surface area (TPSA) is 26.3 Å². The molecule has 1 saturated heterocycles. The molecule has 2 nitrogen and oxygen atoms in total. The fourth-order valence-corrected chi connectivity index (χ4v) is 2.44. The van der Waals surface area contributed by atoms with Crippen LogP contribution >= 0.6 is 0 Å². The maximum absolute atomic E-state index is 11.9. The molecule has 1 aromatic rings. The minimum absolute atomic E-state index is 0.282. The van der Waals surface area contributed by atoms with Gasteiger partial charge in [0.15, 0.2) is 5.78 Å². The molecular formula is C13H12O2. The SMILES string of the molecule is O=C1CC2COCC2=C1c1ccccc1. The molecule has 0 amide bonds. The summed E-state index contributed by atoms with van der Waals surface area (Å²) in [5, 5.41) is 0. The molecule has 0 saturated carbocycles. The summed E-state index contributed by atoms with van der Waals surface area (Å²) in [5.74, 6) is 0.636. The van der Waals surface area contributed by atoms with Crippen LogP contribution in [0.5, 0.6) is 0 Å². The maximum atomic E-state index is 11.9. The zero-order valence-electron chi connectivity index (χ0n) is 8.40. The summed E-state index contributed by atoms with van der Waals surface area (Å²) in [6, 6.07) is 9.91. The van der Waals surface area contributed by atoms with Gasteiger partial charge < -0.3 is 4.74 Å². The Morgan fingerprint density at radius 1 is 1.20 bits per heavy atom. The quantitative estimate of drug-likeness (QED) is 0.693.